The summed E-state index contributed by atoms with van der Waals surface area (Å²) in [5.74, 6) is 0.713. The zero-order valence-corrected chi connectivity index (χ0v) is 4.22. The van der Waals surface area contributed by atoms with E-state index in [0.717, 1.165) is 0 Å². The third-order valence-corrected chi connectivity index (χ3v) is 1.36. The second kappa shape index (κ2) is 1.54. The first-order valence-corrected chi connectivity index (χ1v) is 2.57. The normalized spacial score (nSPS) is 23.4. The average molecular weight is 94.1 g/mol. The summed E-state index contributed by atoms with van der Waals surface area (Å²) in [7, 11) is 0. The summed E-state index contributed by atoms with van der Waals surface area (Å²) in [4.78, 5) is 0. The molecule has 1 fully saturated rings. The van der Waals surface area contributed by atoms with Gasteiger partial charge in [-0.25, -0.2) is 0 Å². The van der Waals surface area contributed by atoms with E-state index in [1.54, 1.807) is 0 Å². The Labute approximate surface area is 44.0 Å². The van der Waals surface area contributed by atoms with Gasteiger partial charge in [0.25, 0.3) is 0 Å². The average Bonchev–Trinajstić information content (AvgIpc) is 2.44. The van der Waals surface area contributed by atoms with Gasteiger partial charge in [-0.1, -0.05) is 0 Å². The van der Waals surface area contributed by atoms with Crippen molar-refractivity contribution >= 4 is 0 Å². The smallest absolute Gasteiger partial charge is 0.0658 e. The third kappa shape index (κ3) is 0.928. The van der Waals surface area contributed by atoms with Crippen LogP contribution in [0.5, 0.6) is 0 Å². The minimum absolute atomic E-state index is 0.0694. The van der Waals surface area contributed by atoms with Crippen molar-refractivity contribution in [1.29, 1.82) is 5.26 Å². The Kier molecular flexibility index (Phi) is 1.02. The first-order chi connectivity index (χ1) is 3.34. The minimum Gasteiger partial charge on any atom is -0.198 e. The van der Waals surface area contributed by atoms with Gasteiger partial charge < -0.3 is 0 Å². The standard InChI is InChI=1S/C6H8N/c1-5(4-7)6-2-3-6/h5-6H,1-3H2. The van der Waals surface area contributed by atoms with Gasteiger partial charge in [-0.05, 0) is 25.7 Å². The van der Waals surface area contributed by atoms with Gasteiger partial charge in [0.1, 0.15) is 0 Å². The fraction of sp³-hybridized carbons (Fsp3) is 0.667. The van der Waals surface area contributed by atoms with Crippen LogP contribution in [0.4, 0.5) is 0 Å². The van der Waals surface area contributed by atoms with Crippen LogP contribution in [-0.4, -0.2) is 0 Å². The molecule has 0 aromatic carbocycles. The van der Waals surface area contributed by atoms with E-state index < -0.39 is 0 Å². The summed E-state index contributed by atoms with van der Waals surface area (Å²) in [5, 5.41) is 8.23. The molecule has 1 aliphatic carbocycles. The maximum Gasteiger partial charge on any atom is 0.0658 e. The molecule has 7 heavy (non-hydrogen) atoms. The quantitative estimate of drug-likeness (QED) is 0.481. The predicted molar refractivity (Wildman–Crippen MR) is 27.2 cm³/mol. The lowest BCUT2D eigenvalue weighted by Gasteiger charge is -1.90. The summed E-state index contributed by atoms with van der Waals surface area (Å²) >= 11 is 0. The maximum absolute atomic E-state index is 8.23. The molecule has 0 spiro atoms. The highest BCUT2D eigenvalue weighted by molar-refractivity contribution is 4.95. The Morgan fingerprint density at radius 3 is 2.43 bits per heavy atom. The summed E-state index contributed by atoms with van der Waals surface area (Å²) < 4.78 is 0. The molecule has 1 atom stereocenters. The summed E-state index contributed by atoms with van der Waals surface area (Å²) in [6, 6.07) is 2.12. The van der Waals surface area contributed by atoms with Crippen LogP contribution in [-0.2, 0) is 0 Å². The van der Waals surface area contributed by atoms with E-state index in [1.807, 2.05) is 0 Å². The molecule has 1 nitrogen and oxygen atoms in total. The molecule has 0 saturated heterocycles. The molecule has 0 bridgehead atoms. The van der Waals surface area contributed by atoms with Gasteiger partial charge in [-0.2, -0.15) is 5.26 Å². The van der Waals surface area contributed by atoms with Crippen molar-refractivity contribution in [3.05, 3.63) is 6.92 Å². The lowest BCUT2D eigenvalue weighted by atomic mass is 10.1. The van der Waals surface area contributed by atoms with E-state index in [1.165, 1.54) is 12.8 Å². The third-order valence-electron chi connectivity index (χ3n) is 1.36. The van der Waals surface area contributed by atoms with E-state index >= 15 is 0 Å². The van der Waals surface area contributed by atoms with E-state index in [2.05, 4.69) is 13.0 Å². The van der Waals surface area contributed by atoms with Crippen LogP contribution in [0.2, 0.25) is 0 Å². The molecule has 37 valence electrons. The van der Waals surface area contributed by atoms with Gasteiger partial charge >= 0.3 is 0 Å². The van der Waals surface area contributed by atoms with Crippen molar-refractivity contribution < 1.29 is 0 Å². The Balaban J connectivity index is 2.27. The van der Waals surface area contributed by atoms with E-state index in [9.17, 15) is 0 Å². The molecule has 0 aromatic heterocycles. The lowest BCUT2D eigenvalue weighted by Crippen LogP contribution is -1.89. The second-order valence-corrected chi connectivity index (χ2v) is 2.07. The molecule has 1 saturated carbocycles. The first kappa shape index (κ1) is 4.64. The molecule has 1 aliphatic rings. The first-order valence-electron chi connectivity index (χ1n) is 2.57. The summed E-state index contributed by atoms with van der Waals surface area (Å²) in [6.45, 7) is 3.66. The van der Waals surface area contributed by atoms with Gasteiger partial charge in [0, 0.05) is 5.92 Å². The van der Waals surface area contributed by atoms with Crippen LogP contribution in [0.25, 0.3) is 0 Å². The fourth-order valence-corrected chi connectivity index (χ4v) is 0.604. The van der Waals surface area contributed by atoms with Gasteiger partial charge in [-0.3, -0.25) is 0 Å². The number of nitrogens with zero attached hydrogens (tertiary/aromatic N) is 1. The second-order valence-electron chi connectivity index (χ2n) is 2.07. The fourth-order valence-electron chi connectivity index (χ4n) is 0.604. The van der Waals surface area contributed by atoms with E-state index in [0.29, 0.717) is 5.92 Å². The molecular weight excluding hydrogens is 86.1 g/mol. The van der Waals surface area contributed by atoms with Gasteiger partial charge in [0.15, 0.2) is 0 Å². The molecule has 1 unspecified atom stereocenters. The molecule has 0 heterocycles. The van der Waals surface area contributed by atoms with Gasteiger partial charge in [-0.15, -0.1) is 0 Å². The number of hydrogen-bond donors (Lipinski definition) is 0. The van der Waals surface area contributed by atoms with Crippen LogP contribution in [0.3, 0.4) is 0 Å². The Bertz CT molecular complexity index is 97.2. The topological polar surface area (TPSA) is 23.8 Å². The molecule has 0 aliphatic heterocycles. The monoisotopic (exact) mass is 94.1 g/mol. The maximum atomic E-state index is 8.23. The number of nitriles is 1. The lowest BCUT2D eigenvalue weighted by molar-refractivity contribution is 0.705. The highest BCUT2D eigenvalue weighted by Gasteiger charge is 2.27. The Hall–Kier alpha value is -0.510. The molecule has 1 heteroatoms. The molecule has 0 aromatic rings. The Morgan fingerprint density at radius 1 is 1.71 bits per heavy atom. The van der Waals surface area contributed by atoms with Crippen molar-refractivity contribution in [2.24, 2.45) is 11.8 Å². The SMILES string of the molecule is [CH2]C(C#N)C1CC1. The predicted octanol–water partition coefficient (Wildman–Crippen LogP) is 1.37. The zero-order chi connectivity index (χ0) is 5.28. The summed E-state index contributed by atoms with van der Waals surface area (Å²) in [5.41, 5.74) is 0. The number of rotatable bonds is 1. The Morgan fingerprint density at radius 2 is 2.29 bits per heavy atom. The van der Waals surface area contributed by atoms with Gasteiger partial charge in [0.05, 0.1) is 6.07 Å². The molecule has 1 rings (SSSR count). The van der Waals surface area contributed by atoms with Crippen molar-refractivity contribution in [2.75, 3.05) is 0 Å². The number of hydrogen-bond acceptors (Lipinski definition) is 1. The highest BCUT2D eigenvalue weighted by atomic mass is 14.4. The van der Waals surface area contributed by atoms with Crippen LogP contribution >= 0.6 is 0 Å². The molecule has 0 amide bonds. The molecular formula is C6H8N. The zero-order valence-electron chi connectivity index (χ0n) is 4.22. The van der Waals surface area contributed by atoms with Crippen molar-refractivity contribution in [2.45, 2.75) is 12.8 Å². The van der Waals surface area contributed by atoms with Crippen LogP contribution in [0.15, 0.2) is 0 Å². The minimum atomic E-state index is 0.0694. The van der Waals surface area contributed by atoms with Gasteiger partial charge in [0.2, 0.25) is 0 Å². The van der Waals surface area contributed by atoms with Crippen LogP contribution in [0.1, 0.15) is 12.8 Å². The molecule has 0 N–H and O–H groups in total. The van der Waals surface area contributed by atoms with Crippen molar-refractivity contribution in [3.63, 3.8) is 0 Å². The van der Waals surface area contributed by atoms with Crippen molar-refractivity contribution in [3.8, 4) is 6.07 Å². The van der Waals surface area contributed by atoms with Crippen molar-refractivity contribution in [1.82, 2.24) is 0 Å². The summed E-state index contributed by atoms with van der Waals surface area (Å²) in [6.07, 6.45) is 2.45. The molecule has 1 radical (unpaired) electrons. The largest absolute Gasteiger partial charge is 0.198 e. The highest BCUT2D eigenvalue weighted by Crippen LogP contribution is 2.35. The van der Waals surface area contributed by atoms with Crippen LogP contribution in [0, 0.1) is 30.1 Å². The van der Waals surface area contributed by atoms with Crippen LogP contribution < -0.4 is 0 Å². The van der Waals surface area contributed by atoms with E-state index in [4.69, 9.17) is 5.26 Å². The van der Waals surface area contributed by atoms with E-state index in [-0.39, 0.29) is 5.92 Å².